The van der Waals surface area contributed by atoms with Crippen LogP contribution in [-0.2, 0) is 0 Å². The number of nitrogens with zero attached hydrogens (tertiary/aromatic N) is 2. The molecule has 2 heterocycles. The van der Waals surface area contributed by atoms with E-state index in [1.165, 1.54) is 5.56 Å². The van der Waals surface area contributed by atoms with Crippen LogP contribution in [-0.4, -0.2) is 35.3 Å². The maximum atomic E-state index is 12.9. The summed E-state index contributed by atoms with van der Waals surface area (Å²) < 4.78 is 1.89. The van der Waals surface area contributed by atoms with E-state index >= 15 is 0 Å². The number of hydrogen-bond acceptors (Lipinski definition) is 3. The average Bonchev–Trinajstić information content (AvgIpc) is 3.06. The van der Waals surface area contributed by atoms with Crippen molar-refractivity contribution in [3.8, 4) is 5.69 Å². The standard InChI is InChI=1S/C21H30N4O.ClH/c1-15(2)19-18(13-24-25(19)17-7-5-16(3)6-8-17)20(26)23-14-21(4)9-11-22-12-10-21;/h5-8,13,15,22H,9-12,14H2,1-4H3,(H,23,26);1H. The summed E-state index contributed by atoms with van der Waals surface area (Å²) in [5.41, 5.74) is 4.01. The van der Waals surface area contributed by atoms with Gasteiger partial charge in [0.05, 0.1) is 23.1 Å². The molecule has 0 saturated carbocycles. The molecular weight excluding hydrogens is 360 g/mol. The normalized spacial score (nSPS) is 16.0. The number of benzene rings is 1. The summed E-state index contributed by atoms with van der Waals surface area (Å²) >= 11 is 0. The van der Waals surface area contributed by atoms with Gasteiger partial charge in [-0.15, -0.1) is 12.4 Å². The molecule has 0 unspecified atom stereocenters. The number of halogens is 1. The van der Waals surface area contributed by atoms with E-state index in [0.717, 1.165) is 37.3 Å². The first-order chi connectivity index (χ1) is 12.4. The van der Waals surface area contributed by atoms with Gasteiger partial charge in [-0.3, -0.25) is 4.79 Å². The third-order valence-corrected chi connectivity index (χ3v) is 5.36. The molecule has 6 heteroatoms. The highest BCUT2D eigenvalue weighted by atomic mass is 35.5. The Balaban J connectivity index is 0.00000261. The zero-order chi connectivity index (χ0) is 18.7. The molecular formula is C21H31ClN4O. The SMILES string of the molecule is Cc1ccc(-n2ncc(C(=O)NCC3(C)CCNCC3)c2C(C)C)cc1.Cl. The average molecular weight is 391 g/mol. The molecule has 0 atom stereocenters. The van der Waals surface area contributed by atoms with Crippen LogP contribution in [0, 0.1) is 12.3 Å². The number of aromatic nitrogens is 2. The molecule has 2 N–H and O–H groups in total. The van der Waals surface area contributed by atoms with E-state index < -0.39 is 0 Å². The largest absolute Gasteiger partial charge is 0.351 e. The van der Waals surface area contributed by atoms with Crippen LogP contribution in [0.25, 0.3) is 5.69 Å². The second-order valence-electron chi connectivity index (χ2n) is 8.09. The summed E-state index contributed by atoms with van der Waals surface area (Å²) in [5.74, 6) is 0.181. The summed E-state index contributed by atoms with van der Waals surface area (Å²) in [6, 6.07) is 8.23. The summed E-state index contributed by atoms with van der Waals surface area (Å²) in [4.78, 5) is 12.9. The molecule has 1 aliphatic heterocycles. The smallest absolute Gasteiger partial charge is 0.254 e. The highest BCUT2D eigenvalue weighted by Crippen LogP contribution is 2.27. The Hall–Kier alpha value is -1.85. The number of nitrogens with one attached hydrogen (secondary N) is 2. The van der Waals surface area contributed by atoms with Gasteiger partial charge in [-0.2, -0.15) is 5.10 Å². The van der Waals surface area contributed by atoms with E-state index in [1.54, 1.807) is 6.20 Å². The third kappa shape index (κ3) is 4.90. The predicted molar refractivity (Wildman–Crippen MR) is 112 cm³/mol. The van der Waals surface area contributed by atoms with Gasteiger partial charge in [0, 0.05) is 6.54 Å². The van der Waals surface area contributed by atoms with E-state index in [-0.39, 0.29) is 29.6 Å². The van der Waals surface area contributed by atoms with Crippen LogP contribution < -0.4 is 10.6 Å². The number of hydrogen-bond donors (Lipinski definition) is 2. The van der Waals surface area contributed by atoms with Gasteiger partial charge in [-0.1, -0.05) is 38.5 Å². The quantitative estimate of drug-likeness (QED) is 0.815. The number of piperidine rings is 1. The van der Waals surface area contributed by atoms with Gasteiger partial charge in [0.1, 0.15) is 0 Å². The van der Waals surface area contributed by atoms with E-state index in [2.05, 4.69) is 55.6 Å². The first-order valence-electron chi connectivity index (χ1n) is 9.53. The summed E-state index contributed by atoms with van der Waals surface area (Å²) in [7, 11) is 0. The van der Waals surface area contributed by atoms with E-state index in [0.29, 0.717) is 12.1 Å². The third-order valence-electron chi connectivity index (χ3n) is 5.36. The van der Waals surface area contributed by atoms with Crippen molar-refractivity contribution in [1.82, 2.24) is 20.4 Å². The molecule has 2 aromatic rings. The van der Waals surface area contributed by atoms with E-state index in [4.69, 9.17) is 0 Å². The molecule has 0 radical (unpaired) electrons. The van der Waals surface area contributed by atoms with E-state index in [9.17, 15) is 4.79 Å². The van der Waals surface area contributed by atoms with Crippen molar-refractivity contribution in [2.24, 2.45) is 5.41 Å². The molecule has 1 aromatic heterocycles. The van der Waals surface area contributed by atoms with Crippen molar-refractivity contribution in [1.29, 1.82) is 0 Å². The lowest BCUT2D eigenvalue weighted by Gasteiger charge is -2.34. The Morgan fingerprint density at radius 3 is 2.48 bits per heavy atom. The fourth-order valence-corrected chi connectivity index (χ4v) is 3.58. The molecule has 1 amide bonds. The van der Waals surface area contributed by atoms with Crippen LogP contribution in [0.2, 0.25) is 0 Å². The fourth-order valence-electron chi connectivity index (χ4n) is 3.58. The van der Waals surface area contributed by atoms with Crippen LogP contribution in [0.3, 0.4) is 0 Å². The van der Waals surface area contributed by atoms with Gasteiger partial charge in [0.25, 0.3) is 5.91 Å². The molecule has 0 bridgehead atoms. The van der Waals surface area contributed by atoms with Crippen LogP contribution in [0.4, 0.5) is 0 Å². The lowest BCUT2D eigenvalue weighted by atomic mass is 9.81. The Morgan fingerprint density at radius 2 is 1.89 bits per heavy atom. The number of aryl methyl sites for hydroxylation is 1. The maximum Gasteiger partial charge on any atom is 0.254 e. The van der Waals surface area contributed by atoms with Crippen molar-refractivity contribution < 1.29 is 4.79 Å². The van der Waals surface area contributed by atoms with Gasteiger partial charge in [0.15, 0.2) is 0 Å². The Bertz CT molecular complexity index is 761. The first kappa shape index (κ1) is 21.5. The van der Waals surface area contributed by atoms with Crippen molar-refractivity contribution >= 4 is 18.3 Å². The molecule has 148 valence electrons. The number of rotatable bonds is 5. The molecule has 1 fully saturated rings. The monoisotopic (exact) mass is 390 g/mol. The number of carbonyl (C=O) groups excluding carboxylic acids is 1. The minimum atomic E-state index is -0.0215. The zero-order valence-corrected chi connectivity index (χ0v) is 17.5. The fraction of sp³-hybridized carbons (Fsp3) is 0.524. The van der Waals surface area contributed by atoms with Gasteiger partial charge in [-0.05, 0) is 56.3 Å². The Kier molecular flexibility index (Phi) is 7.06. The second kappa shape index (κ2) is 8.89. The van der Waals surface area contributed by atoms with Gasteiger partial charge < -0.3 is 10.6 Å². The number of carbonyl (C=O) groups is 1. The molecule has 0 spiro atoms. The summed E-state index contributed by atoms with van der Waals surface area (Å²) in [6.07, 6.45) is 3.88. The predicted octanol–water partition coefficient (Wildman–Crippen LogP) is 3.85. The van der Waals surface area contributed by atoms with Crippen LogP contribution in [0.15, 0.2) is 30.5 Å². The molecule has 1 saturated heterocycles. The van der Waals surface area contributed by atoms with Crippen LogP contribution in [0.5, 0.6) is 0 Å². The maximum absolute atomic E-state index is 12.9. The molecule has 1 aliphatic rings. The number of amides is 1. The zero-order valence-electron chi connectivity index (χ0n) is 16.7. The van der Waals surface area contributed by atoms with Crippen molar-refractivity contribution in [3.05, 3.63) is 47.3 Å². The lowest BCUT2D eigenvalue weighted by Crippen LogP contribution is -2.43. The van der Waals surface area contributed by atoms with Gasteiger partial charge >= 0.3 is 0 Å². The van der Waals surface area contributed by atoms with Gasteiger partial charge in [-0.25, -0.2) is 4.68 Å². The molecule has 0 aliphatic carbocycles. The van der Waals surface area contributed by atoms with Crippen molar-refractivity contribution in [2.75, 3.05) is 19.6 Å². The van der Waals surface area contributed by atoms with E-state index in [1.807, 2.05) is 16.8 Å². The lowest BCUT2D eigenvalue weighted by molar-refractivity contribution is 0.0921. The Labute approximate surface area is 168 Å². The van der Waals surface area contributed by atoms with Crippen molar-refractivity contribution in [2.45, 2.75) is 46.5 Å². The summed E-state index contributed by atoms with van der Waals surface area (Å²) in [5, 5.41) is 11.1. The minimum Gasteiger partial charge on any atom is -0.351 e. The molecule has 1 aromatic carbocycles. The highest BCUT2D eigenvalue weighted by Gasteiger charge is 2.28. The first-order valence-corrected chi connectivity index (χ1v) is 9.53. The molecule has 27 heavy (non-hydrogen) atoms. The van der Waals surface area contributed by atoms with Gasteiger partial charge in [0.2, 0.25) is 0 Å². The summed E-state index contributed by atoms with van der Waals surface area (Å²) in [6.45, 7) is 11.3. The minimum absolute atomic E-state index is 0. The second-order valence-corrected chi connectivity index (χ2v) is 8.09. The highest BCUT2D eigenvalue weighted by molar-refractivity contribution is 5.95. The molecule has 5 nitrogen and oxygen atoms in total. The van der Waals surface area contributed by atoms with Crippen molar-refractivity contribution in [3.63, 3.8) is 0 Å². The van der Waals surface area contributed by atoms with Crippen LogP contribution in [0.1, 0.15) is 61.1 Å². The topological polar surface area (TPSA) is 59.0 Å². The van der Waals surface area contributed by atoms with Crippen LogP contribution >= 0.6 is 12.4 Å². The Morgan fingerprint density at radius 1 is 1.26 bits per heavy atom. The molecule has 3 rings (SSSR count).